The standard InChI is InChI=1S/C13H22N4O/c1-3-4-11-9-12(16-15-11)14-13(18)17-7-5-10(2)6-8-17/h9-10H,3-8H2,1-2H3,(H2,14,15,16,18). The Morgan fingerprint density at radius 2 is 2.28 bits per heavy atom. The number of rotatable bonds is 3. The molecule has 0 spiro atoms. The van der Waals surface area contributed by atoms with Crippen molar-refractivity contribution < 1.29 is 4.79 Å². The van der Waals surface area contributed by atoms with Crippen LogP contribution in [0.1, 0.15) is 38.8 Å². The Labute approximate surface area is 108 Å². The topological polar surface area (TPSA) is 61.0 Å². The second kappa shape index (κ2) is 5.89. The van der Waals surface area contributed by atoms with Crippen molar-refractivity contribution in [3.05, 3.63) is 11.8 Å². The van der Waals surface area contributed by atoms with Crippen LogP contribution in [-0.4, -0.2) is 34.2 Å². The van der Waals surface area contributed by atoms with E-state index in [-0.39, 0.29) is 6.03 Å². The van der Waals surface area contributed by atoms with Gasteiger partial charge in [-0.05, 0) is 25.2 Å². The first kappa shape index (κ1) is 12.9. The minimum absolute atomic E-state index is 0.0311. The van der Waals surface area contributed by atoms with Gasteiger partial charge in [-0.1, -0.05) is 20.3 Å². The third-order valence-electron chi connectivity index (χ3n) is 3.46. The van der Waals surface area contributed by atoms with Crippen molar-refractivity contribution in [1.82, 2.24) is 15.1 Å². The lowest BCUT2D eigenvalue weighted by Gasteiger charge is -2.29. The number of nitrogens with zero attached hydrogens (tertiary/aromatic N) is 2. The molecule has 2 rings (SSSR count). The maximum absolute atomic E-state index is 12.0. The molecule has 0 unspecified atom stereocenters. The smallest absolute Gasteiger partial charge is 0.323 e. The zero-order valence-corrected chi connectivity index (χ0v) is 11.2. The number of aryl methyl sites for hydroxylation is 1. The summed E-state index contributed by atoms with van der Waals surface area (Å²) in [6, 6.07) is 1.88. The number of hydrogen-bond acceptors (Lipinski definition) is 2. The summed E-state index contributed by atoms with van der Waals surface area (Å²) >= 11 is 0. The molecule has 1 aliphatic rings. The molecule has 1 fully saturated rings. The molecule has 0 radical (unpaired) electrons. The second-order valence-corrected chi connectivity index (χ2v) is 5.13. The van der Waals surface area contributed by atoms with Gasteiger partial charge >= 0.3 is 6.03 Å². The second-order valence-electron chi connectivity index (χ2n) is 5.13. The van der Waals surface area contributed by atoms with Gasteiger partial charge in [-0.2, -0.15) is 5.10 Å². The fraction of sp³-hybridized carbons (Fsp3) is 0.692. The normalized spacial score (nSPS) is 16.9. The maximum Gasteiger partial charge on any atom is 0.323 e. The van der Waals surface area contributed by atoms with Crippen molar-refractivity contribution in [1.29, 1.82) is 0 Å². The lowest BCUT2D eigenvalue weighted by molar-refractivity contribution is 0.186. The van der Waals surface area contributed by atoms with E-state index in [4.69, 9.17) is 0 Å². The molecule has 2 N–H and O–H groups in total. The molecule has 5 heteroatoms. The summed E-state index contributed by atoms with van der Waals surface area (Å²) < 4.78 is 0. The summed E-state index contributed by atoms with van der Waals surface area (Å²) in [4.78, 5) is 13.9. The average molecular weight is 250 g/mol. The molecule has 2 heterocycles. The van der Waals surface area contributed by atoms with Gasteiger partial charge in [0.05, 0.1) is 0 Å². The first-order valence-corrected chi connectivity index (χ1v) is 6.79. The van der Waals surface area contributed by atoms with Crippen LogP contribution < -0.4 is 5.32 Å². The van der Waals surface area contributed by atoms with Gasteiger partial charge in [0, 0.05) is 24.8 Å². The van der Waals surface area contributed by atoms with Crippen LogP contribution in [0.4, 0.5) is 10.6 Å². The average Bonchev–Trinajstić information content (AvgIpc) is 2.78. The zero-order chi connectivity index (χ0) is 13.0. The number of anilines is 1. The van der Waals surface area contributed by atoms with E-state index in [1.165, 1.54) is 0 Å². The third kappa shape index (κ3) is 3.24. The minimum Gasteiger partial charge on any atom is -0.324 e. The van der Waals surface area contributed by atoms with Crippen molar-refractivity contribution in [3.63, 3.8) is 0 Å². The number of likely N-dealkylation sites (tertiary alicyclic amines) is 1. The zero-order valence-electron chi connectivity index (χ0n) is 11.2. The van der Waals surface area contributed by atoms with E-state index in [0.717, 1.165) is 50.4 Å². The van der Waals surface area contributed by atoms with Crippen LogP contribution in [0.2, 0.25) is 0 Å². The number of nitrogens with one attached hydrogen (secondary N) is 2. The molecule has 1 aromatic heterocycles. The SMILES string of the molecule is CCCc1cc(NC(=O)N2CCC(C)CC2)n[nH]1. The Balaban J connectivity index is 1.86. The maximum atomic E-state index is 12.0. The van der Waals surface area contributed by atoms with Crippen molar-refractivity contribution in [2.24, 2.45) is 5.92 Å². The van der Waals surface area contributed by atoms with Crippen molar-refractivity contribution >= 4 is 11.8 Å². The van der Waals surface area contributed by atoms with E-state index in [1.54, 1.807) is 0 Å². The number of amides is 2. The van der Waals surface area contributed by atoms with E-state index in [0.29, 0.717) is 5.82 Å². The fourth-order valence-electron chi connectivity index (χ4n) is 2.22. The van der Waals surface area contributed by atoms with E-state index in [9.17, 15) is 4.79 Å². The van der Waals surface area contributed by atoms with Crippen molar-refractivity contribution in [2.75, 3.05) is 18.4 Å². The highest BCUT2D eigenvalue weighted by Gasteiger charge is 2.20. The van der Waals surface area contributed by atoms with Gasteiger partial charge in [0.25, 0.3) is 0 Å². The molecule has 0 aliphatic carbocycles. The summed E-state index contributed by atoms with van der Waals surface area (Å²) in [5.74, 6) is 1.36. The number of urea groups is 1. The Bertz CT molecular complexity index is 393. The van der Waals surface area contributed by atoms with Crippen LogP contribution in [0.5, 0.6) is 0 Å². The van der Waals surface area contributed by atoms with Gasteiger partial charge in [-0.25, -0.2) is 4.79 Å². The summed E-state index contributed by atoms with van der Waals surface area (Å²) in [6.45, 7) is 6.05. The largest absolute Gasteiger partial charge is 0.324 e. The number of carbonyl (C=O) groups is 1. The predicted molar refractivity (Wildman–Crippen MR) is 71.6 cm³/mol. The molecule has 1 saturated heterocycles. The molecule has 5 nitrogen and oxygen atoms in total. The predicted octanol–water partition coefficient (Wildman–Crippen LogP) is 2.63. The highest BCUT2D eigenvalue weighted by atomic mass is 16.2. The number of carbonyl (C=O) groups excluding carboxylic acids is 1. The highest BCUT2D eigenvalue weighted by molar-refractivity contribution is 5.88. The van der Waals surface area contributed by atoms with Gasteiger partial charge in [-0.15, -0.1) is 0 Å². The summed E-state index contributed by atoms with van der Waals surface area (Å²) in [5.41, 5.74) is 1.07. The van der Waals surface area contributed by atoms with Crippen LogP contribution in [0.25, 0.3) is 0 Å². The van der Waals surface area contributed by atoms with E-state index < -0.39 is 0 Å². The third-order valence-corrected chi connectivity index (χ3v) is 3.46. The molecule has 0 bridgehead atoms. The molecule has 1 aliphatic heterocycles. The number of piperidine rings is 1. The molecule has 100 valence electrons. The van der Waals surface area contributed by atoms with E-state index >= 15 is 0 Å². The molecule has 1 aromatic rings. The first-order chi connectivity index (χ1) is 8.69. The number of hydrogen-bond donors (Lipinski definition) is 2. The Morgan fingerprint density at radius 3 is 2.94 bits per heavy atom. The van der Waals surface area contributed by atoms with Gasteiger partial charge in [-0.3, -0.25) is 10.4 Å². The molecular weight excluding hydrogens is 228 g/mol. The summed E-state index contributed by atoms with van der Waals surface area (Å²) in [6.07, 6.45) is 4.22. The van der Waals surface area contributed by atoms with Gasteiger partial charge in [0.2, 0.25) is 0 Å². The molecule has 0 aromatic carbocycles. The molecular formula is C13H22N4O. The Hall–Kier alpha value is -1.52. The number of aromatic nitrogens is 2. The fourth-order valence-corrected chi connectivity index (χ4v) is 2.22. The van der Waals surface area contributed by atoms with Crippen LogP contribution in [0, 0.1) is 5.92 Å². The van der Waals surface area contributed by atoms with Gasteiger partial charge < -0.3 is 4.90 Å². The molecule has 0 atom stereocenters. The van der Waals surface area contributed by atoms with Crippen LogP contribution in [0.15, 0.2) is 6.07 Å². The van der Waals surface area contributed by atoms with Crippen molar-refractivity contribution in [2.45, 2.75) is 39.5 Å². The monoisotopic (exact) mass is 250 g/mol. The molecule has 2 amide bonds. The number of aromatic amines is 1. The first-order valence-electron chi connectivity index (χ1n) is 6.79. The van der Waals surface area contributed by atoms with E-state index in [2.05, 4.69) is 29.4 Å². The van der Waals surface area contributed by atoms with Gasteiger partial charge in [0.1, 0.15) is 0 Å². The van der Waals surface area contributed by atoms with E-state index in [1.807, 2.05) is 11.0 Å². The van der Waals surface area contributed by atoms with Crippen LogP contribution in [0.3, 0.4) is 0 Å². The molecule has 18 heavy (non-hydrogen) atoms. The van der Waals surface area contributed by atoms with Crippen LogP contribution >= 0.6 is 0 Å². The van der Waals surface area contributed by atoms with Crippen LogP contribution in [-0.2, 0) is 6.42 Å². The Morgan fingerprint density at radius 1 is 1.56 bits per heavy atom. The van der Waals surface area contributed by atoms with Gasteiger partial charge in [0.15, 0.2) is 5.82 Å². The minimum atomic E-state index is -0.0311. The molecule has 0 saturated carbocycles. The van der Waals surface area contributed by atoms with Crippen molar-refractivity contribution in [3.8, 4) is 0 Å². The highest BCUT2D eigenvalue weighted by Crippen LogP contribution is 2.17. The lowest BCUT2D eigenvalue weighted by Crippen LogP contribution is -2.40. The number of H-pyrrole nitrogens is 1. The Kier molecular flexibility index (Phi) is 4.23. The summed E-state index contributed by atoms with van der Waals surface area (Å²) in [5, 5.41) is 9.89. The quantitative estimate of drug-likeness (QED) is 0.866. The summed E-state index contributed by atoms with van der Waals surface area (Å²) in [7, 11) is 0. The lowest BCUT2D eigenvalue weighted by atomic mass is 10.00.